The number of nitrogens with one attached hydrogen (secondary N) is 1. The number of aryl methyl sites for hydroxylation is 1. The molecule has 2 rings (SSSR count). The Labute approximate surface area is 129 Å². The summed E-state index contributed by atoms with van der Waals surface area (Å²) in [6, 6.07) is 17.1. The third-order valence-corrected chi connectivity index (χ3v) is 4.35. The molecule has 1 unspecified atom stereocenters. The van der Waals surface area contributed by atoms with Crippen LogP contribution in [0, 0.1) is 6.92 Å². The second-order valence-electron chi connectivity index (χ2n) is 4.77. The second-order valence-corrected chi connectivity index (χ2v) is 5.78. The SMILES string of the molecule is Cc1ccccc1SCC(=O)NC(CO)c1ccccc1. The Morgan fingerprint density at radius 1 is 1.14 bits per heavy atom. The molecular formula is C17H19NO2S. The van der Waals surface area contributed by atoms with E-state index in [1.165, 1.54) is 11.8 Å². The minimum absolute atomic E-state index is 0.0776. The molecule has 1 atom stereocenters. The molecule has 0 fully saturated rings. The van der Waals surface area contributed by atoms with Crippen LogP contribution in [0.3, 0.4) is 0 Å². The molecule has 0 heterocycles. The summed E-state index contributed by atoms with van der Waals surface area (Å²) in [5.41, 5.74) is 2.08. The van der Waals surface area contributed by atoms with E-state index in [9.17, 15) is 9.90 Å². The third kappa shape index (κ3) is 4.62. The normalized spacial score (nSPS) is 11.9. The van der Waals surface area contributed by atoms with Crippen LogP contribution in [-0.4, -0.2) is 23.4 Å². The highest BCUT2D eigenvalue weighted by Gasteiger charge is 2.13. The van der Waals surface area contributed by atoms with Gasteiger partial charge >= 0.3 is 0 Å². The van der Waals surface area contributed by atoms with Crippen molar-refractivity contribution in [3.63, 3.8) is 0 Å². The summed E-state index contributed by atoms with van der Waals surface area (Å²) in [7, 11) is 0. The van der Waals surface area contributed by atoms with Gasteiger partial charge in [0, 0.05) is 4.90 Å². The second kappa shape index (κ2) is 7.86. The van der Waals surface area contributed by atoms with Crippen molar-refractivity contribution in [2.75, 3.05) is 12.4 Å². The Morgan fingerprint density at radius 3 is 2.48 bits per heavy atom. The Hall–Kier alpha value is -1.78. The number of carbonyl (C=O) groups is 1. The average Bonchev–Trinajstić information content (AvgIpc) is 2.52. The molecule has 21 heavy (non-hydrogen) atoms. The molecule has 0 aliphatic heterocycles. The molecule has 3 nitrogen and oxygen atoms in total. The number of amides is 1. The number of carbonyl (C=O) groups excluding carboxylic acids is 1. The lowest BCUT2D eigenvalue weighted by molar-refractivity contribution is -0.119. The monoisotopic (exact) mass is 301 g/mol. The Kier molecular flexibility index (Phi) is 5.84. The highest BCUT2D eigenvalue weighted by molar-refractivity contribution is 8.00. The number of hydrogen-bond donors (Lipinski definition) is 2. The van der Waals surface area contributed by atoms with Gasteiger partial charge in [-0.05, 0) is 24.1 Å². The van der Waals surface area contributed by atoms with Crippen LogP contribution in [-0.2, 0) is 4.79 Å². The van der Waals surface area contributed by atoms with Crippen LogP contribution < -0.4 is 5.32 Å². The predicted octanol–water partition coefficient (Wildman–Crippen LogP) is 2.94. The first-order chi connectivity index (χ1) is 10.2. The van der Waals surface area contributed by atoms with Gasteiger partial charge in [0.05, 0.1) is 18.4 Å². The number of rotatable bonds is 6. The molecular weight excluding hydrogens is 282 g/mol. The van der Waals surface area contributed by atoms with Crippen molar-refractivity contribution >= 4 is 17.7 Å². The smallest absolute Gasteiger partial charge is 0.230 e. The fourth-order valence-electron chi connectivity index (χ4n) is 2.02. The lowest BCUT2D eigenvalue weighted by Gasteiger charge is -2.16. The van der Waals surface area contributed by atoms with Gasteiger partial charge in [0.15, 0.2) is 0 Å². The number of thioether (sulfide) groups is 1. The van der Waals surface area contributed by atoms with Crippen LogP contribution in [0.15, 0.2) is 59.5 Å². The lowest BCUT2D eigenvalue weighted by atomic mass is 10.1. The molecule has 1 amide bonds. The molecule has 0 saturated carbocycles. The molecule has 0 radical (unpaired) electrons. The highest BCUT2D eigenvalue weighted by Crippen LogP contribution is 2.21. The van der Waals surface area contributed by atoms with Crippen LogP contribution in [0.5, 0.6) is 0 Å². The molecule has 0 aliphatic carbocycles. The Balaban J connectivity index is 1.90. The summed E-state index contributed by atoms with van der Waals surface area (Å²) in [5.74, 6) is 0.264. The topological polar surface area (TPSA) is 49.3 Å². The number of aliphatic hydroxyl groups is 1. The number of benzene rings is 2. The molecule has 0 bridgehead atoms. The van der Waals surface area contributed by atoms with E-state index >= 15 is 0 Å². The van der Waals surface area contributed by atoms with Gasteiger partial charge in [-0.25, -0.2) is 0 Å². The average molecular weight is 301 g/mol. The fourth-order valence-corrected chi connectivity index (χ4v) is 2.86. The summed E-state index contributed by atoms with van der Waals surface area (Å²) in [5, 5.41) is 12.3. The molecule has 2 aromatic carbocycles. The van der Waals surface area contributed by atoms with E-state index in [-0.39, 0.29) is 18.6 Å². The van der Waals surface area contributed by atoms with Crippen LogP contribution >= 0.6 is 11.8 Å². The van der Waals surface area contributed by atoms with Crippen molar-refractivity contribution in [2.24, 2.45) is 0 Å². The van der Waals surface area contributed by atoms with E-state index in [4.69, 9.17) is 0 Å². The fraction of sp³-hybridized carbons (Fsp3) is 0.235. The quantitative estimate of drug-likeness (QED) is 0.807. The molecule has 2 N–H and O–H groups in total. The van der Waals surface area contributed by atoms with Gasteiger partial charge in [-0.1, -0.05) is 48.5 Å². The largest absolute Gasteiger partial charge is 0.394 e. The van der Waals surface area contributed by atoms with Gasteiger partial charge < -0.3 is 10.4 Å². The van der Waals surface area contributed by atoms with Crippen molar-refractivity contribution in [3.05, 3.63) is 65.7 Å². The number of hydrogen-bond acceptors (Lipinski definition) is 3. The first kappa shape index (κ1) is 15.6. The zero-order chi connectivity index (χ0) is 15.1. The van der Waals surface area contributed by atoms with Crippen LogP contribution in [0.1, 0.15) is 17.2 Å². The minimum atomic E-state index is -0.351. The molecule has 2 aromatic rings. The van der Waals surface area contributed by atoms with Crippen LogP contribution in [0.4, 0.5) is 0 Å². The minimum Gasteiger partial charge on any atom is -0.394 e. The zero-order valence-electron chi connectivity index (χ0n) is 12.0. The first-order valence-corrected chi connectivity index (χ1v) is 7.83. The van der Waals surface area contributed by atoms with Crippen molar-refractivity contribution in [1.82, 2.24) is 5.32 Å². The predicted molar refractivity (Wildman–Crippen MR) is 86.3 cm³/mol. The highest BCUT2D eigenvalue weighted by atomic mass is 32.2. The van der Waals surface area contributed by atoms with Crippen molar-refractivity contribution in [1.29, 1.82) is 0 Å². The van der Waals surface area contributed by atoms with Crippen LogP contribution in [0.2, 0.25) is 0 Å². The third-order valence-electron chi connectivity index (χ3n) is 3.17. The molecule has 0 aromatic heterocycles. The maximum atomic E-state index is 12.0. The first-order valence-electron chi connectivity index (χ1n) is 6.84. The van der Waals surface area contributed by atoms with E-state index in [2.05, 4.69) is 5.32 Å². The lowest BCUT2D eigenvalue weighted by Crippen LogP contribution is -2.32. The summed E-state index contributed by atoms with van der Waals surface area (Å²) >= 11 is 1.51. The summed E-state index contributed by atoms with van der Waals surface area (Å²) < 4.78 is 0. The summed E-state index contributed by atoms with van der Waals surface area (Å²) in [6.07, 6.45) is 0. The van der Waals surface area contributed by atoms with Crippen molar-refractivity contribution in [3.8, 4) is 0 Å². The molecule has 0 spiro atoms. The van der Waals surface area contributed by atoms with E-state index in [0.29, 0.717) is 5.75 Å². The van der Waals surface area contributed by atoms with Crippen molar-refractivity contribution in [2.45, 2.75) is 17.9 Å². The molecule has 0 saturated heterocycles. The van der Waals surface area contributed by atoms with Gasteiger partial charge in [0.25, 0.3) is 0 Å². The summed E-state index contributed by atoms with van der Waals surface area (Å²) in [6.45, 7) is 1.92. The van der Waals surface area contributed by atoms with Crippen LogP contribution in [0.25, 0.3) is 0 Å². The van der Waals surface area contributed by atoms with Gasteiger partial charge in [-0.2, -0.15) is 0 Å². The Bertz CT molecular complexity index is 586. The molecule has 0 aliphatic rings. The Morgan fingerprint density at radius 2 is 1.81 bits per heavy atom. The van der Waals surface area contributed by atoms with Crippen molar-refractivity contribution < 1.29 is 9.90 Å². The standard InChI is InChI=1S/C17H19NO2S/c1-13-7-5-6-10-16(13)21-12-17(20)18-15(11-19)14-8-3-2-4-9-14/h2-10,15,19H,11-12H2,1H3,(H,18,20). The molecule has 110 valence electrons. The maximum absolute atomic E-state index is 12.0. The maximum Gasteiger partial charge on any atom is 0.230 e. The van der Waals surface area contributed by atoms with Gasteiger partial charge in [0.2, 0.25) is 5.91 Å². The molecule has 4 heteroatoms. The van der Waals surface area contributed by atoms with E-state index in [0.717, 1.165) is 16.0 Å². The zero-order valence-corrected chi connectivity index (χ0v) is 12.8. The van der Waals surface area contributed by atoms with Gasteiger partial charge in [-0.3, -0.25) is 4.79 Å². The van der Waals surface area contributed by atoms with E-state index < -0.39 is 0 Å². The summed E-state index contributed by atoms with van der Waals surface area (Å²) in [4.78, 5) is 13.1. The van der Waals surface area contributed by atoms with E-state index in [1.807, 2.05) is 61.5 Å². The van der Waals surface area contributed by atoms with Gasteiger partial charge in [0.1, 0.15) is 0 Å². The van der Waals surface area contributed by atoms with Gasteiger partial charge in [-0.15, -0.1) is 11.8 Å². The number of aliphatic hydroxyl groups excluding tert-OH is 1. The van der Waals surface area contributed by atoms with E-state index in [1.54, 1.807) is 0 Å².